The van der Waals surface area contributed by atoms with Crippen molar-refractivity contribution in [3.05, 3.63) is 29.8 Å². The molecular formula is C15H24N2O. The summed E-state index contributed by atoms with van der Waals surface area (Å²) in [5.41, 5.74) is 7.44. The van der Waals surface area contributed by atoms with E-state index in [0.29, 0.717) is 13.0 Å². The molecule has 1 aromatic carbocycles. The highest BCUT2D eigenvalue weighted by molar-refractivity contribution is 5.75. The number of rotatable bonds is 8. The number of unbranched alkanes of at least 4 members (excludes halogenated alkanes) is 4. The Bertz CT molecular complexity index is 346. The lowest BCUT2D eigenvalue weighted by Gasteiger charge is -2.05. The maximum atomic E-state index is 11.6. The number of carbonyl (C=O) groups excluding carboxylic acids is 1. The lowest BCUT2D eigenvalue weighted by Crippen LogP contribution is -2.22. The van der Waals surface area contributed by atoms with Gasteiger partial charge < -0.3 is 11.1 Å². The third-order valence-electron chi connectivity index (χ3n) is 2.98. The van der Waals surface area contributed by atoms with Gasteiger partial charge in [0.05, 0.1) is 0 Å². The van der Waals surface area contributed by atoms with Gasteiger partial charge in [-0.3, -0.25) is 4.79 Å². The number of hydrogen-bond donors (Lipinski definition) is 2. The molecule has 0 radical (unpaired) electrons. The van der Waals surface area contributed by atoms with Crippen LogP contribution in [-0.4, -0.2) is 5.91 Å². The van der Waals surface area contributed by atoms with E-state index in [9.17, 15) is 4.79 Å². The molecule has 0 saturated heterocycles. The number of amides is 1. The lowest BCUT2D eigenvalue weighted by atomic mass is 10.1. The van der Waals surface area contributed by atoms with Crippen LogP contribution in [-0.2, 0) is 11.3 Å². The third-order valence-corrected chi connectivity index (χ3v) is 2.98. The Balaban J connectivity index is 2.11. The van der Waals surface area contributed by atoms with Crippen LogP contribution >= 0.6 is 0 Å². The quantitative estimate of drug-likeness (QED) is 0.548. The van der Waals surface area contributed by atoms with Crippen molar-refractivity contribution in [2.45, 2.75) is 52.0 Å². The molecule has 3 N–H and O–H groups in total. The van der Waals surface area contributed by atoms with Crippen molar-refractivity contribution in [1.82, 2.24) is 5.32 Å². The van der Waals surface area contributed by atoms with Crippen LogP contribution in [0.3, 0.4) is 0 Å². The largest absolute Gasteiger partial charge is 0.399 e. The van der Waals surface area contributed by atoms with Gasteiger partial charge in [-0.1, -0.05) is 44.7 Å². The molecule has 0 heterocycles. The van der Waals surface area contributed by atoms with Crippen molar-refractivity contribution < 1.29 is 4.79 Å². The van der Waals surface area contributed by atoms with Crippen LogP contribution in [0, 0.1) is 0 Å². The van der Waals surface area contributed by atoms with Crippen LogP contribution in [0.25, 0.3) is 0 Å². The molecule has 0 aromatic heterocycles. The first kappa shape index (κ1) is 14.6. The molecule has 0 spiro atoms. The molecule has 0 bridgehead atoms. The van der Waals surface area contributed by atoms with Crippen LogP contribution in [0.2, 0.25) is 0 Å². The molecule has 0 aliphatic carbocycles. The summed E-state index contributed by atoms with van der Waals surface area (Å²) in [5.74, 6) is 0.142. The second-order valence-electron chi connectivity index (χ2n) is 4.68. The van der Waals surface area contributed by atoms with E-state index in [-0.39, 0.29) is 5.91 Å². The predicted octanol–water partition coefficient (Wildman–Crippen LogP) is 3.25. The minimum Gasteiger partial charge on any atom is -0.399 e. The fraction of sp³-hybridized carbons (Fsp3) is 0.533. The summed E-state index contributed by atoms with van der Waals surface area (Å²) in [6.45, 7) is 2.79. The number of carbonyl (C=O) groups is 1. The number of benzene rings is 1. The minimum atomic E-state index is 0.142. The fourth-order valence-electron chi connectivity index (χ4n) is 1.81. The normalized spacial score (nSPS) is 10.3. The van der Waals surface area contributed by atoms with E-state index in [0.717, 1.165) is 24.1 Å². The molecular weight excluding hydrogens is 224 g/mol. The van der Waals surface area contributed by atoms with Gasteiger partial charge in [0.15, 0.2) is 0 Å². The van der Waals surface area contributed by atoms with Crippen molar-refractivity contribution in [2.75, 3.05) is 5.73 Å². The molecule has 18 heavy (non-hydrogen) atoms. The van der Waals surface area contributed by atoms with E-state index in [1.165, 1.54) is 19.3 Å². The molecule has 0 saturated carbocycles. The van der Waals surface area contributed by atoms with Gasteiger partial charge in [0.25, 0.3) is 0 Å². The van der Waals surface area contributed by atoms with Crippen molar-refractivity contribution in [3.63, 3.8) is 0 Å². The van der Waals surface area contributed by atoms with E-state index in [2.05, 4.69) is 12.2 Å². The van der Waals surface area contributed by atoms with Gasteiger partial charge >= 0.3 is 0 Å². The summed E-state index contributed by atoms with van der Waals surface area (Å²) >= 11 is 0. The zero-order valence-corrected chi connectivity index (χ0v) is 11.2. The van der Waals surface area contributed by atoms with Crippen LogP contribution in [0.4, 0.5) is 5.69 Å². The highest BCUT2D eigenvalue weighted by Crippen LogP contribution is 2.06. The van der Waals surface area contributed by atoms with Gasteiger partial charge in [-0.15, -0.1) is 0 Å². The molecule has 1 amide bonds. The van der Waals surface area contributed by atoms with Gasteiger partial charge in [-0.2, -0.15) is 0 Å². The van der Waals surface area contributed by atoms with Crippen molar-refractivity contribution in [3.8, 4) is 0 Å². The zero-order chi connectivity index (χ0) is 13.2. The van der Waals surface area contributed by atoms with E-state index in [4.69, 9.17) is 5.73 Å². The zero-order valence-electron chi connectivity index (χ0n) is 11.2. The Morgan fingerprint density at radius 2 is 1.78 bits per heavy atom. The highest BCUT2D eigenvalue weighted by Gasteiger charge is 2.01. The maximum absolute atomic E-state index is 11.6. The molecule has 1 rings (SSSR count). The van der Waals surface area contributed by atoms with Crippen molar-refractivity contribution >= 4 is 11.6 Å². The molecule has 100 valence electrons. The topological polar surface area (TPSA) is 55.1 Å². The Hall–Kier alpha value is -1.51. The summed E-state index contributed by atoms with van der Waals surface area (Å²) in [6, 6.07) is 7.59. The summed E-state index contributed by atoms with van der Waals surface area (Å²) in [5, 5.41) is 2.93. The van der Waals surface area contributed by atoms with E-state index in [1.807, 2.05) is 24.3 Å². The molecule has 0 atom stereocenters. The summed E-state index contributed by atoms with van der Waals surface area (Å²) in [6.07, 6.45) is 6.54. The fourth-order valence-corrected chi connectivity index (χ4v) is 1.81. The monoisotopic (exact) mass is 248 g/mol. The Morgan fingerprint density at radius 1 is 1.11 bits per heavy atom. The Labute approximate surface area is 110 Å². The number of nitrogen functional groups attached to an aromatic ring is 1. The molecule has 0 aliphatic rings. The van der Waals surface area contributed by atoms with Gasteiger partial charge in [0, 0.05) is 18.7 Å². The first-order valence-corrected chi connectivity index (χ1v) is 6.83. The number of anilines is 1. The molecule has 1 aromatic rings. The number of hydrogen-bond acceptors (Lipinski definition) is 2. The second kappa shape index (κ2) is 8.56. The summed E-state index contributed by atoms with van der Waals surface area (Å²) in [7, 11) is 0. The standard InChI is InChI=1S/C15H24N2O/c1-2-3-4-5-6-7-15(18)17-12-13-8-10-14(16)11-9-13/h8-11H,2-7,12,16H2,1H3,(H,17,18). The minimum absolute atomic E-state index is 0.142. The summed E-state index contributed by atoms with van der Waals surface area (Å²) < 4.78 is 0. The number of nitrogens with two attached hydrogens (primary N) is 1. The Kier molecular flexibility index (Phi) is 6.92. The SMILES string of the molecule is CCCCCCCC(=O)NCc1ccc(N)cc1. The summed E-state index contributed by atoms with van der Waals surface area (Å²) in [4.78, 5) is 11.6. The molecule has 3 nitrogen and oxygen atoms in total. The van der Waals surface area contributed by atoms with Crippen LogP contribution in [0.15, 0.2) is 24.3 Å². The molecule has 0 unspecified atom stereocenters. The van der Waals surface area contributed by atoms with Crippen LogP contribution in [0.5, 0.6) is 0 Å². The average molecular weight is 248 g/mol. The van der Waals surface area contributed by atoms with Gasteiger partial charge in [0.1, 0.15) is 0 Å². The maximum Gasteiger partial charge on any atom is 0.220 e. The second-order valence-corrected chi connectivity index (χ2v) is 4.68. The van der Waals surface area contributed by atoms with Gasteiger partial charge in [0.2, 0.25) is 5.91 Å². The van der Waals surface area contributed by atoms with Crippen molar-refractivity contribution in [2.24, 2.45) is 0 Å². The van der Waals surface area contributed by atoms with E-state index >= 15 is 0 Å². The molecule has 3 heteroatoms. The van der Waals surface area contributed by atoms with E-state index in [1.54, 1.807) is 0 Å². The molecule has 0 fully saturated rings. The van der Waals surface area contributed by atoms with Crippen LogP contribution < -0.4 is 11.1 Å². The first-order chi connectivity index (χ1) is 8.72. The lowest BCUT2D eigenvalue weighted by molar-refractivity contribution is -0.121. The van der Waals surface area contributed by atoms with Crippen LogP contribution in [0.1, 0.15) is 51.0 Å². The smallest absolute Gasteiger partial charge is 0.220 e. The van der Waals surface area contributed by atoms with Gasteiger partial charge in [-0.25, -0.2) is 0 Å². The van der Waals surface area contributed by atoms with Crippen molar-refractivity contribution in [1.29, 1.82) is 0 Å². The first-order valence-electron chi connectivity index (χ1n) is 6.83. The predicted molar refractivity (Wildman–Crippen MR) is 76.1 cm³/mol. The highest BCUT2D eigenvalue weighted by atomic mass is 16.1. The average Bonchev–Trinajstić information content (AvgIpc) is 2.38. The number of nitrogens with one attached hydrogen (secondary N) is 1. The third kappa shape index (κ3) is 6.28. The molecule has 0 aliphatic heterocycles. The van der Waals surface area contributed by atoms with E-state index < -0.39 is 0 Å². The van der Waals surface area contributed by atoms with Gasteiger partial charge in [-0.05, 0) is 24.1 Å². The Morgan fingerprint density at radius 3 is 2.44 bits per heavy atom.